The van der Waals surface area contributed by atoms with E-state index in [4.69, 9.17) is 4.42 Å². The summed E-state index contributed by atoms with van der Waals surface area (Å²) < 4.78 is 5.92. The number of carbonyl (C=O) groups is 2. The highest BCUT2D eigenvalue weighted by Gasteiger charge is 2.29. The maximum absolute atomic E-state index is 13.3. The SMILES string of the molecule is C[C@@H]1CCc2[nH]c3c(C(=O)N4CCN(C(=O)c5ccc(Br)o5)CC4)cccc3c2C1. The van der Waals surface area contributed by atoms with Crippen LogP contribution in [0.25, 0.3) is 10.9 Å². The maximum Gasteiger partial charge on any atom is 0.289 e. The molecule has 156 valence electrons. The van der Waals surface area contributed by atoms with Gasteiger partial charge in [0.1, 0.15) is 0 Å². The molecule has 3 aromatic rings. The number of benzene rings is 1. The van der Waals surface area contributed by atoms with Crippen LogP contribution in [-0.4, -0.2) is 52.8 Å². The Labute approximate surface area is 183 Å². The molecule has 1 saturated heterocycles. The molecule has 1 aromatic carbocycles. The molecule has 1 N–H and O–H groups in total. The molecule has 6 nitrogen and oxygen atoms in total. The Kier molecular flexibility index (Phi) is 4.93. The maximum atomic E-state index is 13.3. The summed E-state index contributed by atoms with van der Waals surface area (Å²) in [6, 6.07) is 9.39. The molecule has 3 heterocycles. The van der Waals surface area contributed by atoms with Crippen LogP contribution in [0, 0.1) is 5.92 Å². The Bertz CT molecular complexity index is 1120. The van der Waals surface area contributed by atoms with Crippen LogP contribution in [0.3, 0.4) is 0 Å². The lowest BCUT2D eigenvalue weighted by Gasteiger charge is -2.34. The van der Waals surface area contributed by atoms with Gasteiger partial charge in [0, 0.05) is 37.3 Å². The molecule has 1 aliphatic carbocycles. The topological polar surface area (TPSA) is 69.6 Å². The van der Waals surface area contributed by atoms with Crippen LogP contribution in [0.2, 0.25) is 0 Å². The van der Waals surface area contributed by atoms with Gasteiger partial charge in [-0.2, -0.15) is 0 Å². The number of aryl methyl sites for hydroxylation is 1. The van der Waals surface area contributed by atoms with E-state index in [1.807, 2.05) is 17.0 Å². The van der Waals surface area contributed by atoms with Gasteiger partial charge in [-0.25, -0.2) is 0 Å². The molecule has 30 heavy (non-hydrogen) atoms. The molecule has 2 aromatic heterocycles. The number of nitrogens with zero attached hydrogens (tertiary/aromatic N) is 2. The number of carbonyl (C=O) groups excluding carboxylic acids is 2. The Morgan fingerprint density at radius 3 is 2.50 bits per heavy atom. The third-order valence-corrected chi connectivity index (χ3v) is 6.76. The van der Waals surface area contributed by atoms with Gasteiger partial charge in [-0.3, -0.25) is 9.59 Å². The molecule has 1 aliphatic heterocycles. The van der Waals surface area contributed by atoms with E-state index >= 15 is 0 Å². The quantitative estimate of drug-likeness (QED) is 0.609. The average molecular weight is 470 g/mol. The largest absolute Gasteiger partial charge is 0.444 e. The van der Waals surface area contributed by atoms with E-state index in [-0.39, 0.29) is 11.8 Å². The number of amides is 2. The lowest BCUT2D eigenvalue weighted by atomic mass is 9.87. The molecular formula is C23H24BrN3O3. The zero-order valence-electron chi connectivity index (χ0n) is 16.9. The van der Waals surface area contributed by atoms with Gasteiger partial charge < -0.3 is 19.2 Å². The smallest absolute Gasteiger partial charge is 0.289 e. The van der Waals surface area contributed by atoms with Crippen molar-refractivity contribution in [3.05, 3.63) is 57.6 Å². The summed E-state index contributed by atoms with van der Waals surface area (Å²) in [6.45, 7) is 4.31. The summed E-state index contributed by atoms with van der Waals surface area (Å²) in [5.74, 6) is 0.884. The molecule has 0 radical (unpaired) electrons. The van der Waals surface area contributed by atoms with Crippen LogP contribution in [0.5, 0.6) is 0 Å². The molecule has 0 bridgehead atoms. The number of H-pyrrole nitrogens is 1. The van der Waals surface area contributed by atoms with Gasteiger partial charge in [0.25, 0.3) is 11.8 Å². The fourth-order valence-corrected chi connectivity index (χ4v) is 4.97. The first-order valence-corrected chi connectivity index (χ1v) is 11.3. The fraction of sp³-hybridized carbons (Fsp3) is 0.391. The number of piperazine rings is 1. The van der Waals surface area contributed by atoms with Crippen molar-refractivity contribution in [2.24, 2.45) is 5.92 Å². The Hall–Kier alpha value is -2.54. The van der Waals surface area contributed by atoms with Crippen LogP contribution < -0.4 is 0 Å². The summed E-state index contributed by atoms with van der Waals surface area (Å²) in [5.41, 5.74) is 4.34. The van der Waals surface area contributed by atoms with Crippen molar-refractivity contribution < 1.29 is 14.0 Å². The van der Waals surface area contributed by atoms with E-state index in [1.165, 1.54) is 23.1 Å². The third kappa shape index (κ3) is 3.35. The highest BCUT2D eigenvalue weighted by Crippen LogP contribution is 2.33. The van der Waals surface area contributed by atoms with Crippen LogP contribution in [0.15, 0.2) is 39.4 Å². The molecule has 1 atom stereocenters. The Morgan fingerprint density at radius 2 is 1.80 bits per heavy atom. The van der Waals surface area contributed by atoms with E-state index in [0.29, 0.717) is 42.5 Å². The standard InChI is InChI=1S/C23H24BrN3O3/c1-14-5-6-18-17(13-14)15-3-2-4-16(21(15)25-18)22(28)26-9-11-27(12-10-26)23(29)19-7-8-20(24)30-19/h2-4,7-8,14,25H,5-6,9-13H2,1H3/t14-/m1/s1. The van der Waals surface area contributed by atoms with E-state index in [0.717, 1.165) is 23.9 Å². The predicted octanol–water partition coefficient (Wildman–Crippen LogP) is 4.25. The van der Waals surface area contributed by atoms with Gasteiger partial charge in [0.15, 0.2) is 10.4 Å². The molecule has 1 fully saturated rings. The number of aromatic amines is 1. The average Bonchev–Trinajstić information content (AvgIpc) is 3.36. The Balaban J connectivity index is 1.34. The molecule has 0 saturated carbocycles. The first-order chi connectivity index (χ1) is 14.5. The van der Waals surface area contributed by atoms with Crippen molar-refractivity contribution in [3.8, 4) is 0 Å². The number of hydrogen-bond acceptors (Lipinski definition) is 3. The first kappa shape index (κ1) is 19.4. The van der Waals surface area contributed by atoms with Crippen LogP contribution in [0.4, 0.5) is 0 Å². The predicted molar refractivity (Wildman–Crippen MR) is 118 cm³/mol. The van der Waals surface area contributed by atoms with Gasteiger partial charge in [0.05, 0.1) is 11.1 Å². The lowest BCUT2D eigenvalue weighted by Crippen LogP contribution is -2.50. The monoisotopic (exact) mass is 469 g/mol. The van der Waals surface area contributed by atoms with Crippen molar-refractivity contribution in [2.75, 3.05) is 26.2 Å². The fourth-order valence-electron chi connectivity index (χ4n) is 4.66. The zero-order chi connectivity index (χ0) is 20.8. The summed E-state index contributed by atoms with van der Waals surface area (Å²) in [4.78, 5) is 33.0. The Morgan fingerprint density at radius 1 is 1.07 bits per heavy atom. The van der Waals surface area contributed by atoms with Gasteiger partial charge >= 0.3 is 0 Å². The number of nitrogens with one attached hydrogen (secondary N) is 1. The third-order valence-electron chi connectivity index (χ3n) is 6.34. The van der Waals surface area contributed by atoms with Crippen LogP contribution in [-0.2, 0) is 12.8 Å². The summed E-state index contributed by atoms with van der Waals surface area (Å²) in [6.07, 6.45) is 3.30. The van der Waals surface area contributed by atoms with Gasteiger partial charge in [0.2, 0.25) is 0 Å². The minimum Gasteiger partial charge on any atom is -0.444 e. The van der Waals surface area contributed by atoms with Crippen molar-refractivity contribution >= 4 is 38.6 Å². The number of aromatic nitrogens is 1. The zero-order valence-corrected chi connectivity index (χ0v) is 18.5. The number of furan rings is 1. The van der Waals surface area contributed by atoms with Crippen molar-refractivity contribution in [1.82, 2.24) is 14.8 Å². The minimum absolute atomic E-state index is 0.0279. The number of para-hydroxylation sites is 1. The molecule has 2 amide bonds. The van der Waals surface area contributed by atoms with Gasteiger partial charge in [-0.15, -0.1) is 0 Å². The lowest BCUT2D eigenvalue weighted by molar-refractivity contribution is 0.0518. The van der Waals surface area contributed by atoms with E-state index in [2.05, 4.69) is 33.9 Å². The summed E-state index contributed by atoms with van der Waals surface area (Å²) in [7, 11) is 0. The van der Waals surface area contributed by atoms with Crippen molar-refractivity contribution in [3.63, 3.8) is 0 Å². The highest BCUT2D eigenvalue weighted by atomic mass is 79.9. The minimum atomic E-state index is -0.138. The second kappa shape index (κ2) is 7.61. The molecular weight excluding hydrogens is 446 g/mol. The van der Waals surface area contributed by atoms with E-state index in [1.54, 1.807) is 17.0 Å². The van der Waals surface area contributed by atoms with Crippen molar-refractivity contribution in [1.29, 1.82) is 0 Å². The van der Waals surface area contributed by atoms with Gasteiger partial charge in [-0.05, 0) is 64.9 Å². The number of rotatable bonds is 2. The van der Waals surface area contributed by atoms with Crippen LogP contribution >= 0.6 is 15.9 Å². The summed E-state index contributed by atoms with van der Waals surface area (Å²) >= 11 is 3.23. The first-order valence-electron chi connectivity index (χ1n) is 10.5. The molecule has 7 heteroatoms. The molecule has 5 rings (SSSR count). The highest BCUT2D eigenvalue weighted by molar-refractivity contribution is 9.10. The van der Waals surface area contributed by atoms with Gasteiger partial charge in [-0.1, -0.05) is 19.1 Å². The van der Waals surface area contributed by atoms with E-state index in [9.17, 15) is 9.59 Å². The number of hydrogen-bond donors (Lipinski definition) is 1. The summed E-state index contributed by atoms with van der Waals surface area (Å²) in [5, 5.41) is 1.18. The normalized spacial score (nSPS) is 19.2. The number of fused-ring (bicyclic) bond motifs is 3. The van der Waals surface area contributed by atoms with Crippen LogP contribution in [0.1, 0.15) is 45.5 Å². The molecule has 0 unspecified atom stereocenters. The number of halogens is 1. The second-order valence-corrected chi connectivity index (χ2v) is 9.13. The van der Waals surface area contributed by atoms with Crippen molar-refractivity contribution in [2.45, 2.75) is 26.2 Å². The second-order valence-electron chi connectivity index (χ2n) is 8.35. The molecule has 2 aliphatic rings. The van der Waals surface area contributed by atoms with E-state index < -0.39 is 0 Å². The molecule has 0 spiro atoms.